The van der Waals surface area contributed by atoms with E-state index in [1.807, 2.05) is 6.92 Å². The Bertz CT molecular complexity index is 590. The minimum atomic E-state index is -0.382. The van der Waals surface area contributed by atoms with Crippen molar-refractivity contribution in [2.75, 3.05) is 44.7 Å². The molecule has 2 rings (SSSR count). The number of nitro groups is 1. The molecule has 0 radical (unpaired) electrons. The fourth-order valence-corrected chi connectivity index (χ4v) is 2.39. The summed E-state index contributed by atoms with van der Waals surface area (Å²) in [4.78, 5) is 15.1. The summed E-state index contributed by atoms with van der Waals surface area (Å²) in [6.07, 6.45) is 3.53. The summed E-state index contributed by atoms with van der Waals surface area (Å²) in [5, 5.41) is 20.5. The van der Waals surface area contributed by atoms with Crippen molar-refractivity contribution in [3.8, 4) is 0 Å². The van der Waals surface area contributed by atoms with Crippen molar-refractivity contribution in [2.24, 2.45) is 10.9 Å². The number of nitrogens with one attached hydrogen (secondary N) is 3. The first kappa shape index (κ1) is 20.0. The summed E-state index contributed by atoms with van der Waals surface area (Å²) in [5.74, 6) is 1.55. The molecule has 0 aromatic heterocycles. The molecule has 1 aliphatic carbocycles. The lowest BCUT2D eigenvalue weighted by Crippen LogP contribution is -2.39. The molecule has 0 heterocycles. The van der Waals surface area contributed by atoms with Crippen LogP contribution < -0.4 is 16.0 Å². The Morgan fingerprint density at radius 2 is 2.12 bits per heavy atom. The van der Waals surface area contributed by atoms with Crippen LogP contribution in [0.1, 0.15) is 26.2 Å². The number of nitro benzene ring substituents is 1. The number of hydrogen-bond acceptors (Lipinski definition) is 5. The van der Waals surface area contributed by atoms with Gasteiger partial charge in [-0.25, -0.2) is 0 Å². The largest absolute Gasteiger partial charge is 0.381 e. The monoisotopic (exact) mass is 363 g/mol. The van der Waals surface area contributed by atoms with Crippen LogP contribution in [0.15, 0.2) is 29.3 Å². The molecule has 8 heteroatoms. The molecule has 26 heavy (non-hydrogen) atoms. The summed E-state index contributed by atoms with van der Waals surface area (Å²) >= 11 is 0. The summed E-state index contributed by atoms with van der Waals surface area (Å²) in [7, 11) is 0. The maximum absolute atomic E-state index is 11.0. The molecule has 0 atom stereocenters. The topological polar surface area (TPSA) is 101 Å². The average molecular weight is 363 g/mol. The lowest BCUT2D eigenvalue weighted by Gasteiger charge is -2.12. The summed E-state index contributed by atoms with van der Waals surface area (Å²) in [6.45, 7) is 6.30. The molecular formula is C18H29N5O3. The van der Waals surface area contributed by atoms with E-state index in [1.54, 1.807) is 18.2 Å². The molecule has 0 bridgehead atoms. The van der Waals surface area contributed by atoms with Crippen LogP contribution in [0.25, 0.3) is 0 Å². The van der Waals surface area contributed by atoms with E-state index in [0.717, 1.165) is 38.1 Å². The first-order valence-electron chi connectivity index (χ1n) is 9.28. The van der Waals surface area contributed by atoms with Crippen molar-refractivity contribution in [2.45, 2.75) is 26.2 Å². The van der Waals surface area contributed by atoms with Gasteiger partial charge in [0.25, 0.3) is 5.69 Å². The van der Waals surface area contributed by atoms with Crippen LogP contribution in [-0.4, -0.2) is 50.3 Å². The number of benzene rings is 1. The third-order valence-electron chi connectivity index (χ3n) is 3.95. The van der Waals surface area contributed by atoms with E-state index >= 15 is 0 Å². The summed E-state index contributed by atoms with van der Waals surface area (Å²) < 4.78 is 5.60. The fourth-order valence-electron chi connectivity index (χ4n) is 2.39. The normalized spacial score (nSPS) is 14.1. The Morgan fingerprint density at radius 3 is 2.85 bits per heavy atom. The second kappa shape index (κ2) is 11.3. The van der Waals surface area contributed by atoms with Gasteiger partial charge in [-0.15, -0.1) is 0 Å². The molecule has 0 saturated heterocycles. The van der Waals surface area contributed by atoms with Gasteiger partial charge in [0.05, 0.1) is 4.92 Å². The van der Waals surface area contributed by atoms with Gasteiger partial charge in [0.2, 0.25) is 0 Å². The Kier molecular flexibility index (Phi) is 8.68. The van der Waals surface area contributed by atoms with E-state index in [1.165, 1.54) is 18.9 Å². The van der Waals surface area contributed by atoms with E-state index in [2.05, 4.69) is 20.9 Å². The number of guanidine groups is 1. The summed E-state index contributed by atoms with van der Waals surface area (Å²) in [6, 6.07) is 6.64. The predicted octanol–water partition coefficient (Wildman–Crippen LogP) is 2.38. The van der Waals surface area contributed by atoms with Gasteiger partial charge < -0.3 is 20.7 Å². The molecule has 1 aromatic carbocycles. The second-order valence-corrected chi connectivity index (χ2v) is 6.26. The van der Waals surface area contributed by atoms with Crippen molar-refractivity contribution >= 4 is 17.3 Å². The van der Waals surface area contributed by atoms with Gasteiger partial charge in [0, 0.05) is 45.5 Å². The molecule has 8 nitrogen and oxygen atoms in total. The molecule has 1 aliphatic rings. The molecule has 1 saturated carbocycles. The summed E-state index contributed by atoms with van der Waals surface area (Å²) in [5.41, 5.74) is 0.605. The van der Waals surface area contributed by atoms with Crippen LogP contribution in [0.2, 0.25) is 0 Å². The highest BCUT2D eigenvalue weighted by atomic mass is 16.6. The number of ether oxygens (including phenoxy) is 1. The lowest BCUT2D eigenvalue weighted by atomic mass is 10.2. The molecular weight excluding hydrogens is 334 g/mol. The van der Waals surface area contributed by atoms with E-state index in [-0.39, 0.29) is 10.6 Å². The maximum Gasteiger partial charge on any atom is 0.292 e. The number of hydrogen-bond donors (Lipinski definition) is 3. The maximum atomic E-state index is 11.0. The Labute approximate surface area is 154 Å². The highest BCUT2D eigenvalue weighted by molar-refractivity contribution is 5.79. The lowest BCUT2D eigenvalue weighted by molar-refractivity contribution is -0.384. The van der Waals surface area contributed by atoms with E-state index in [4.69, 9.17) is 4.74 Å². The Balaban J connectivity index is 1.65. The van der Waals surface area contributed by atoms with Crippen LogP contribution >= 0.6 is 0 Å². The van der Waals surface area contributed by atoms with Crippen molar-refractivity contribution < 1.29 is 9.66 Å². The molecule has 0 amide bonds. The molecule has 1 fully saturated rings. The highest BCUT2D eigenvalue weighted by Crippen LogP contribution is 2.28. The Morgan fingerprint density at radius 1 is 1.31 bits per heavy atom. The molecule has 0 unspecified atom stereocenters. The van der Waals surface area contributed by atoms with Gasteiger partial charge in [-0.3, -0.25) is 15.1 Å². The number of rotatable bonds is 12. The van der Waals surface area contributed by atoms with Gasteiger partial charge in [0.15, 0.2) is 5.96 Å². The average Bonchev–Trinajstić information content (AvgIpc) is 3.46. The van der Waals surface area contributed by atoms with Crippen LogP contribution in [0.5, 0.6) is 0 Å². The minimum Gasteiger partial charge on any atom is -0.381 e. The standard InChI is InChI=1S/C18H29N5O3/c1-2-19-18(21-10-5-13-26-14-15-8-9-15)22-12-11-20-16-6-3-4-7-17(16)23(24)25/h3-4,6-7,15,20H,2,5,8-14H2,1H3,(H2,19,21,22). The first-order valence-corrected chi connectivity index (χ1v) is 9.28. The van der Waals surface area contributed by atoms with Crippen molar-refractivity contribution in [1.82, 2.24) is 10.6 Å². The zero-order chi connectivity index (χ0) is 18.6. The number of anilines is 1. The van der Waals surface area contributed by atoms with Crippen molar-refractivity contribution in [3.63, 3.8) is 0 Å². The molecule has 0 aliphatic heterocycles. The molecule has 0 spiro atoms. The molecule has 1 aromatic rings. The van der Waals surface area contributed by atoms with Gasteiger partial charge in [-0.05, 0) is 38.2 Å². The van der Waals surface area contributed by atoms with Crippen LogP contribution in [0.3, 0.4) is 0 Å². The third kappa shape index (κ3) is 7.69. The minimum absolute atomic E-state index is 0.0827. The number of nitrogens with zero attached hydrogens (tertiary/aromatic N) is 2. The smallest absolute Gasteiger partial charge is 0.292 e. The van der Waals surface area contributed by atoms with Gasteiger partial charge in [-0.1, -0.05) is 12.1 Å². The van der Waals surface area contributed by atoms with E-state index < -0.39 is 0 Å². The fraction of sp³-hybridized carbons (Fsp3) is 0.611. The Hall–Kier alpha value is -2.35. The van der Waals surface area contributed by atoms with E-state index in [9.17, 15) is 10.1 Å². The van der Waals surface area contributed by atoms with Crippen LogP contribution in [-0.2, 0) is 4.74 Å². The zero-order valence-electron chi connectivity index (χ0n) is 15.4. The highest BCUT2D eigenvalue weighted by Gasteiger charge is 2.20. The SMILES string of the molecule is CCNC(=NCCCOCC1CC1)NCCNc1ccccc1[N+](=O)[O-]. The quantitative estimate of drug-likeness (QED) is 0.173. The van der Waals surface area contributed by atoms with Crippen molar-refractivity contribution in [1.29, 1.82) is 0 Å². The van der Waals surface area contributed by atoms with Crippen LogP contribution in [0.4, 0.5) is 11.4 Å². The number of aliphatic imine (C=N–C) groups is 1. The second-order valence-electron chi connectivity index (χ2n) is 6.26. The predicted molar refractivity (Wildman–Crippen MR) is 104 cm³/mol. The molecule has 3 N–H and O–H groups in total. The first-order chi connectivity index (χ1) is 12.7. The van der Waals surface area contributed by atoms with Gasteiger partial charge in [0.1, 0.15) is 5.69 Å². The zero-order valence-corrected chi connectivity index (χ0v) is 15.4. The van der Waals surface area contributed by atoms with Crippen LogP contribution in [0, 0.1) is 16.0 Å². The third-order valence-corrected chi connectivity index (χ3v) is 3.95. The van der Waals surface area contributed by atoms with Gasteiger partial charge in [-0.2, -0.15) is 0 Å². The van der Waals surface area contributed by atoms with E-state index in [0.29, 0.717) is 25.3 Å². The van der Waals surface area contributed by atoms with Crippen molar-refractivity contribution in [3.05, 3.63) is 34.4 Å². The van der Waals surface area contributed by atoms with Gasteiger partial charge >= 0.3 is 0 Å². The molecule has 144 valence electrons. The number of para-hydroxylation sites is 2.